The van der Waals surface area contributed by atoms with Crippen LogP contribution in [-0.2, 0) is 0 Å². The van der Waals surface area contributed by atoms with Gasteiger partial charge in [-0.25, -0.2) is 0 Å². The van der Waals surface area contributed by atoms with E-state index < -0.39 is 0 Å². The summed E-state index contributed by atoms with van der Waals surface area (Å²) in [7, 11) is 0. The lowest BCUT2D eigenvalue weighted by molar-refractivity contribution is 1.09. The number of nitrogens with one attached hydrogen (secondary N) is 1. The zero-order chi connectivity index (χ0) is 3.54. The predicted molar refractivity (Wildman–Crippen MR) is 24.3 cm³/mol. The Morgan fingerprint density at radius 1 is 1.50 bits per heavy atom. The predicted octanol–water partition coefficient (Wildman–Crippen LogP) is 0.0289. The second kappa shape index (κ2) is 2.51. The van der Waals surface area contributed by atoms with Gasteiger partial charge in [0, 0.05) is 20.8 Å². The Balaban J connectivity index is 0.000000250. The molecule has 0 atom stereocenters. The Morgan fingerprint density at radius 3 is 2.50 bits per heavy atom. The molecule has 0 aliphatic heterocycles. The molecule has 1 N–H and O–H groups in total. The highest BCUT2D eigenvalue weighted by Crippen LogP contribution is 1.64. The average Bonchev–Trinajstić information content (AvgIpc) is 1.76. The first kappa shape index (κ1) is 5.27. The molecule has 3 heteroatoms. The molecule has 1 aromatic rings. The number of aromatic nitrogens is 2. The van der Waals surface area contributed by atoms with E-state index in [1.807, 2.05) is 6.07 Å². The van der Waals surface area contributed by atoms with Crippen LogP contribution >= 0.6 is 0 Å². The van der Waals surface area contributed by atoms with E-state index >= 15 is 0 Å². The summed E-state index contributed by atoms with van der Waals surface area (Å²) in [6, 6.07) is 1.83. The molecule has 1 rings (SSSR count). The van der Waals surface area contributed by atoms with Crippen LogP contribution in [0.1, 0.15) is 0 Å². The molecule has 0 bridgehead atoms. The van der Waals surface area contributed by atoms with E-state index in [0.717, 1.165) is 0 Å². The second-order valence-corrected chi connectivity index (χ2v) is 0.766. The van der Waals surface area contributed by atoms with Crippen molar-refractivity contribution in [2.24, 2.45) is 0 Å². The smallest absolute Gasteiger partial charge is 0.0487 e. The Kier molecular flexibility index (Phi) is 2.21. The molecule has 29 valence electrons. The largest absolute Gasteiger partial charge is 0.286 e. The molecule has 1 heterocycles. The third-order valence-electron chi connectivity index (χ3n) is 0.406. The minimum atomic E-state index is 0. The Morgan fingerprint density at radius 2 is 2.33 bits per heavy atom. The number of hydrogen-bond donors (Lipinski definition) is 1. The summed E-state index contributed by atoms with van der Waals surface area (Å²) in [6.45, 7) is 0. The van der Waals surface area contributed by atoms with E-state index in [-0.39, 0.29) is 8.41 Å². The molecule has 2 nitrogen and oxygen atoms in total. The van der Waals surface area contributed by atoms with Crippen molar-refractivity contribution in [3.63, 3.8) is 0 Å². The first-order chi connectivity index (χ1) is 2.50. The van der Waals surface area contributed by atoms with Crippen molar-refractivity contribution in [2.75, 3.05) is 0 Å². The van der Waals surface area contributed by atoms with Gasteiger partial charge in [-0.3, -0.25) is 5.10 Å². The molecule has 0 saturated heterocycles. The fraction of sp³-hybridized carbons (Fsp3) is 0. The molecule has 0 amide bonds. The molecule has 0 saturated carbocycles. The normalized spacial score (nSPS) is 6.67. The van der Waals surface area contributed by atoms with Gasteiger partial charge in [-0.05, 0) is 6.07 Å². The van der Waals surface area contributed by atoms with E-state index in [9.17, 15) is 0 Å². The molecule has 0 fully saturated rings. The van der Waals surface area contributed by atoms with Crippen LogP contribution in [-0.4, -0.2) is 18.6 Å². The Labute approximate surface area is 38.2 Å². The van der Waals surface area contributed by atoms with Crippen molar-refractivity contribution in [2.45, 2.75) is 0 Å². The summed E-state index contributed by atoms with van der Waals surface area (Å²) in [5.74, 6) is 0. The van der Waals surface area contributed by atoms with Crippen LogP contribution in [0, 0.1) is 0 Å². The lowest BCUT2D eigenvalue weighted by Crippen LogP contribution is -1.53. The van der Waals surface area contributed by atoms with Crippen molar-refractivity contribution in [3.8, 4) is 0 Å². The van der Waals surface area contributed by atoms with Gasteiger partial charge in [-0.2, -0.15) is 5.10 Å². The second-order valence-electron chi connectivity index (χ2n) is 0.766. The quantitative estimate of drug-likeness (QED) is 0.436. The van der Waals surface area contributed by atoms with Crippen molar-refractivity contribution in [1.82, 2.24) is 10.2 Å². The summed E-state index contributed by atoms with van der Waals surface area (Å²) in [5.41, 5.74) is 0. The van der Waals surface area contributed by atoms with Crippen LogP contribution in [0.5, 0.6) is 0 Å². The van der Waals surface area contributed by atoms with E-state index in [4.69, 9.17) is 0 Å². The first-order valence-corrected chi connectivity index (χ1v) is 1.44. The lowest BCUT2D eigenvalue weighted by atomic mass is 10.8. The Hall–Kier alpha value is -0.725. The van der Waals surface area contributed by atoms with Crippen molar-refractivity contribution in [3.05, 3.63) is 18.5 Å². The summed E-state index contributed by atoms with van der Waals surface area (Å²) in [4.78, 5) is 0. The third-order valence-corrected chi connectivity index (χ3v) is 0.406. The van der Waals surface area contributed by atoms with Gasteiger partial charge in [0.1, 0.15) is 0 Å². The van der Waals surface area contributed by atoms with Crippen LogP contribution in [0.4, 0.5) is 0 Å². The summed E-state index contributed by atoms with van der Waals surface area (Å²) >= 11 is 0. The van der Waals surface area contributed by atoms with Gasteiger partial charge in [-0.15, -0.1) is 0 Å². The van der Waals surface area contributed by atoms with Crippen molar-refractivity contribution < 1.29 is 0 Å². The minimum absolute atomic E-state index is 0. The Bertz CT molecular complexity index is 65.3. The minimum Gasteiger partial charge on any atom is -0.286 e. The molecule has 1 aromatic heterocycles. The lowest BCUT2D eigenvalue weighted by Gasteiger charge is -1.49. The van der Waals surface area contributed by atoms with Gasteiger partial charge < -0.3 is 0 Å². The van der Waals surface area contributed by atoms with Crippen LogP contribution in [0.25, 0.3) is 0 Å². The van der Waals surface area contributed by atoms with Crippen LogP contribution in [0.3, 0.4) is 0 Å². The van der Waals surface area contributed by atoms with Crippen LogP contribution in [0.2, 0.25) is 0 Å². The zero-order valence-corrected chi connectivity index (χ0v) is 3.26. The summed E-state index contributed by atoms with van der Waals surface area (Å²) in [5, 5.41) is 6.21. The highest BCUT2D eigenvalue weighted by atomic mass is 15.1. The zero-order valence-electron chi connectivity index (χ0n) is 3.26. The van der Waals surface area contributed by atoms with Crippen molar-refractivity contribution in [1.29, 1.82) is 0 Å². The van der Waals surface area contributed by atoms with Gasteiger partial charge >= 0.3 is 0 Å². The van der Waals surface area contributed by atoms with Crippen LogP contribution in [0.15, 0.2) is 18.5 Å². The maximum Gasteiger partial charge on any atom is 0.0487 e. The fourth-order valence-corrected chi connectivity index (χ4v) is 0.215. The summed E-state index contributed by atoms with van der Waals surface area (Å²) in [6.07, 6.45) is 3.46. The maximum atomic E-state index is 3.60. The molecule has 0 aliphatic rings. The molecule has 0 spiro atoms. The maximum absolute atomic E-state index is 3.60. The van der Waals surface area contributed by atoms with Gasteiger partial charge in [-0.1, -0.05) is 0 Å². The topological polar surface area (TPSA) is 28.7 Å². The highest BCUT2D eigenvalue weighted by molar-refractivity contribution is 5.75. The molecular weight excluding hydrogens is 74.9 g/mol. The molecule has 0 aliphatic carbocycles. The SMILES string of the molecule is [B].c1cn[nH]c1. The average molecular weight is 78.9 g/mol. The van der Waals surface area contributed by atoms with Crippen LogP contribution < -0.4 is 0 Å². The first-order valence-electron chi connectivity index (χ1n) is 1.44. The fourth-order valence-electron chi connectivity index (χ4n) is 0.215. The highest BCUT2D eigenvalue weighted by Gasteiger charge is 1.56. The molecular formula is C3H4BN2. The molecule has 6 heavy (non-hydrogen) atoms. The number of H-pyrrole nitrogens is 1. The number of rotatable bonds is 0. The molecule has 3 radical (unpaired) electrons. The van der Waals surface area contributed by atoms with E-state index in [1.54, 1.807) is 12.4 Å². The third kappa shape index (κ3) is 0.927. The van der Waals surface area contributed by atoms with Gasteiger partial charge in [0.25, 0.3) is 0 Å². The number of nitrogens with zero attached hydrogens (tertiary/aromatic N) is 1. The number of aromatic amines is 1. The monoisotopic (exact) mass is 79.0 g/mol. The van der Waals surface area contributed by atoms with Gasteiger partial charge in [0.2, 0.25) is 0 Å². The van der Waals surface area contributed by atoms with Crippen molar-refractivity contribution >= 4 is 8.41 Å². The molecule has 0 unspecified atom stereocenters. The summed E-state index contributed by atoms with van der Waals surface area (Å²) < 4.78 is 0. The molecule has 0 aromatic carbocycles. The van der Waals surface area contributed by atoms with E-state index in [1.165, 1.54) is 0 Å². The van der Waals surface area contributed by atoms with E-state index in [2.05, 4.69) is 10.2 Å². The van der Waals surface area contributed by atoms with Gasteiger partial charge in [0.15, 0.2) is 0 Å². The van der Waals surface area contributed by atoms with Gasteiger partial charge in [0.05, 0.1) is 0 Å². The standard InChI is InChI=1S/C3H4N2.B/c1-2-4-5-3-1;/h1-3H,(H,4,5);. The number of hydrogen-bond acceptors (Lipinski definition) is 1. The van der Waals surface area contributed by atoms with E-state index in [0.29, 0.717) is 0 Å².